The number of thiazole rings is 1. The van der Waals surface area contributed by atoms with Crippen molar-refractivity contribution in [3.05, 3.63) is 16.1 Å². The van der Waals surface area contributed by atoms with E-state index in [1.54, 1.807) is 18.4 Å². The molecule has 2 unspecified atom stereocenters. The minimum Gasteiger partial charge on any atom is -0.389 e. The normalized spacial score (nSPS) is 14.8. The van der Waals surface area contributed by atoms with Crippen LogP contribution >= 0.6 is 11.3 Å². The fourth-order valence-electron chi connectivity index (χ4n) is 1.76. The van der Waals surface area contributed by atoms with Crippen LogP contribution in [0.5, 0.6) is 0 Å². The highest BCUT2D eigenvalue weighted by molar-refractivity contribution is 7.09. The van der Waals surface area contributed by atoms with E-state index in [9.17, 15) is 5.11 Å². The highest BCUT2D eigenvalue weighted by atomic mass is 32.1. The molecule has 2 atom stereocenters. The Balaban J connectivity index is 2.24. The van der Waals surface area contributed by atoms with Crippen molar-refractivity contribution in [2.45, 2.75) is 32.6 Å². The van der Waals surface area contributed by atoms with E-state index < -0.39 is 6.10 Å². The van der Waals surface area contributed by atoms with Crippen LogP contribution in [0.25, 0.3) is 0 Å². The van der Waals surface area contributed by atoms with Crippen molar-refractivity contribution in [2.24, 2.45) is 0 Å². The Morgan fingerprint density at radius 3 is 2.79 bits per heavy atom. The van der Waals surface area contributed by atoms with Gasteiger partial charge in [0.15, 0.2) is 0 Å². The molecule has 19 heavy (non-hydrogen) atoms. The molecule has 1 aromatic heterocycles. The minimum atomic E-state index is -0.488. The van der Waals surface area contributed by atoms with Crippen LogP contribution in [-0.2, 0) is 16.0 Å². The van der Waals surface area contributed by atoms with Crippen LogP contribution in [-0.4, -0.2) is 61.1 Å². The summed E-state index contributed by atoms with van der Waals surface area (Å²) < 4.78 is 10.5. The Morgan fingerprint density at radius 2 is 2.21 bits per heavy atom. The third kappa shape index (κ3) is 6.44. The van der Waals surface area contributed by atoms with E-state index in [0.29, 0.717) is 19.8 Å². The third-order valence-electron chi connectivity index (χ3n) is 2.76. The maximum atomic E-state index is 9.91. The predicted molar refractivity (Wildman–Crippen MR) is 76.5 cm³/mol. The van der Waals surface area contributed by atoms with Gasteiger partial charge in [-0.25, -0.2) is 4.98 Å². The van der Waals surface area contributed by atoms with Crippen LogP contribution in [0.4, 0.5) is 0 Å². The number of aliphatic hydroxyl groups is 1. The van der Waals surface area contributed by atoms with E-state index in [0.717, 1.165) is 12.2 Å². The van der Waals surface area contributed by atoms with Crippen LogP contribution in [0.15, 0.2) is 5.51 Å². The highest BCUT2D eigenvalue weighted by Gasteiger charge is 2.12. The molecule has 0 fully saturated rings. The van der Waals surface area contributed by atoms with Gasteiger partial charge in [-0.2, -0.15) is 0 Å². The van der Waals surface area contributed by atoms with Crippen molar-refractivity contribution >= 4 is 11.3 Å². The van der Waals surface area contributed by atoms with Gasteiger partial charge in [-0.1, -0.05) is 0 Å². The van der Waals surface area contributed by atoms with Gasteiger partial charge in [-0.3, -0.25) is 4.90 Å². The Morgan fingerprint density at radius 1 is 1.47 bits per heavy atom. The number of methoxy groups -OCH3 is 1. The summed E-state index contributed by atoms with van der Waals surface area (Å²) in [6.07, 6.45) is -0.480. The molecule has 0 aliphatic carbocycles. The molecule has 5 nitrogen and oxygen atoms in total. The molecule has 110 valence electrons. The van der Waals surface area contributed by atoms with Crippen molar-refractivity contribution in [3.63, 3.8) is 0 Å². The molecular weight excluding hydrogens is 264 g/mol. The first-order valence-corrected chi connectivity index (χ1v) is 7.27. The molecule has 6 heteroatoms. The second-order valence-electron chi connectivity index (χ2n) is 4.81. The van der Waals surface area contributed by atoms with Gasteiger partial charge in [-0.15, -0.1) is 11.3 Å². The zero-order valence-corrected chi connectivity index (χ0v) is 12.9. The maximum absolute atomic E-state index is 9.91. The summed E-state index contributed by atoms with van der Waals surface area (Å²) in [7, 11) is 3.63. The lowest BCUT2D eigenvalue weighted by Crippen LogP contribution is -2.33. The molecule has 0 spiro atoms. The van der Waals surface area contributed by atoms with Gasteiger partial charge in [0.2, 0.25) is 0 Å². The standard InChI is InChI=1S/C13H24N2O3S/c1-10(7-17-4)18-8-12(16)5-15(3)6-13-11(2)14-9-19-13/h9-10,12,16H,5-8H2,1-4H3. The lowest BCUT2D eigenvalue weighted by Gasteiger charge is -2.21. The van der Waals surface area contributed by atoms with Gasteiger partial charge in [-0.05, 0) is 20.9 Å². The fourth-order valence-corrected chi connectivity index (χ4v) is 2.61. The van der Waals surface area contributed by atoms with Crippen molar-refractivity contribution in [1.29, 1.82) is 0 Å². The smallest absolute Gasteiger partial charge is 0.0900 e. The number of likely N-dealkylation sites (N-methyl/N-ethyl adjacent to an activating group) is 1. The van der Waals surface area contributed by atoms with E-state index in [1.165, 1.54) is 4.88 Å². The summed E-state index contributed by atoms with van der Waals surface area (Å²) in [5, 5.41) is 9.91. The molecule has 1 N–H and O–H groups in total. The zero-order valence-electron chi connectivity index (χ0n) is 12.1. The summed E-state index contributed by atoms with van der Waals surface area (Å²) in [6, 6.07) is 0. The molecule has 1 heterocycles. The summed E-state index contributed by atoms with van der Waals surface area (Å²) in [5.41, 5.74) is 2.92. The van der Waals surface area contributed by atoms with Gasteiger partial charge < -0.3 is 14.6 Å². The summed E-state index contributed by atoms with van der Waals surface area (Å²) in [5.74, 6) is 0. The summed E-state index contributed by atoms with van der Waals surface area (Å²) >= 11 is 1.65. The number of hydrogen-bond acceptors (Lipinski definition) is 6. The van der Waals surface area contributed by atoms with Gasteiger partial charge >= 0.3 is 0 Å². The largest absolute Gasteiger partial charge is 0.389 e. The van der Waals surface area contributed by atoms with Crippen LogP contribution in [0.3, 0.4) is 0 Å². The van der Waals surface area contributed by atoms with Crippen molar-refractivity contribution in [1.82, 2.24) is 9.88 Å². The summed E-state index contributed by atoms with van der Waals surface area (Å²) in [6.45, 7) is 6.20. The molecule has 1 rings (SSSR count). The maximum Gasteiger partial charge on any atom is 0.0900 e. The Kier molecular flexibility index (Phi) is 7.48. The number of rotatable bonds is 9. The average Bonchev–Trinajstić information content (AvgIpc) is 2.73. The Hall–Kier alpha value is -0.530. The van der Waals surface area contributed by atoms with Crippen LogP contribution < -0.4 is 0 Å². The van der Waals surface area contributed by atoms with E-state index in [1.807, 2.05) is 26.4 Å². The van der Waals surface area contributed by atoms with Crippen LogP contribution in [0, 0.1) is 6.92 Å². The lowest BCUT2D eigenvalue weighted by molar-refractivity contribution is -0.0385. The zero-order chi connectivity index (χ0) is 14.3. The number of ether oxygens (including phenoxy) is 2. The van der Waals surface area contributed by atoms with Crippen LogP contribution in [0.2, 0.25) is 0 Å². The fraction of sp³-hybridized carbons (Fsp3) is 0.769. The van der Waals surface area contributed by atoms with E-state index in [-0.39, 0.29) is 6.10 Å². The number of nitrogens with zero attached hydrogens (tertiary/aromatic N) is 2. The van der Waals surface area contributed by atoms with Gasteiger partial charge in [0, 0.05) is 25.1 Å². The van der Waals surface area contributed by atoms with Crippen LogP contribution in [0.1, 0.15) is 17.5 Å². The minimum absolute atomic E-state index is 0.00805. The molecule has 0 bridgehead atoms. The molecular formula is C13H24N2O3S. The van der Waals surface area contributed by atoms with E-state index in [4.69, 9.17) is 9.47 Å². The van der Waals surface area contributed by atoms with Crippen molar-refractivity contribution in [3.8, 4) is 0 Å². The molecule has 0 aliphatic heterocycles. The number of aromatic nitrogens is 1. The van der Waals surface area contributed by atoms with Gasteiger partial charge in [0.25, 0.3) is 0 Å². The second kappa shape index (κ2) is 8.60. The lowest BCUT2D eigenvalue weighted by atomic mass is 10.3. The Bertz CT molecular complexity index is 359. The van der Waals surface area contributed by atoms with Gasteiger partial charge in [0.1, 0.15) is 0 Å². The highest BCUT2D eigenvalue weighted by Crippen LogP contribution is 2.14. The monoisotopic (exact) mass is 288 g/mol. The predicted octanol–water partition coefficient (Wildman–Crippen LogP) is 1.30. The van der Waals surface area contributed by atoms with E-state index >= 15 is 0 Å². The van der Waals surface area contributed by atoms with Gasteiger partial charge in [0.05, 0.1) is 36.6 Å². The number of aryl methyl sites for hydroxylation is 1. The SMILES string of the molecule is COCC(C)OCC(O)CN(C)Cc1scnc1C. The van der Waals surface area contributed by atoms with Crippen molar-refractivity contribution < 1.29 is 14.6 Å². The molecule has 0 aromatic carbocycles. The molecule has 1 aromatic rings. The second-order valence-corrected chi connectivity index (χ2v) is 5.75. The quantitative estimate of drug-likeness (QED) is 0.742. The molecule has 0 amide bonds. The first-order valence-electron chi connectivity index (χ1n) is 6.39. The average molecular weight is 288 g/mol. The molecule has 0 radical (unpaired) electrons. The molecule has 0 saturated heterocycles. The number of aliphatic hydroxyl groups excluding tert-OH is 1. The van der Waals surface area contributed by atoms with E-state index in [2.05, 4.69) is 9.88 Å². The third-order valence-corrected chi connectivity index (χ3v) is 3.68. The summed E-state index contributed by atoms with van der Waals surface area (Å²) in [4.78, 5) is 7.54. The first-order chi connectivity index (χ1) is 9.02. The Labute approximate surface area is 119 Å². The van der Waals surface area contributed by atoms with Crippen molar-refractivity contribution in [2.75, 3.05) is 33.9 Å². The first kappa shape index (κ1) is 16.5. The topological polar surface area (TPSA) is 54.8 Å². The number of hydrogen-bond donors (Lipinski definition) is 1. The molecule has 0 aliphatic rings. The molecule has 0 saturated carbocycles.